The molecular formula is C22H26N2O. The zero-order valence-corrected chi connectivity index (χ0v) is 14.9. The number of benzene rings is 2. The van der Waals surface area contributed by atoms with Crippen LogP contribution in [0.25, 0.3) is 0 Å². The molecule has 0 spiro atoms. The standard InChI is InChI=1S/C22H26N2O/c1-16(25)23-21-8-4-5-17(12-21)14-24-15-18-9-10-22(24)13-20-7-3-2-6-19(20)11-18/h2-8,12,18,22H,9-11,13-15H2,1H3,(H,23,25)/t18-,22-/m1/s1. The summed E-state index contributed by atoms with van der Waals surface area (Å²) in [5, 5.41) is 2.89. The summed E-state index contributed by atoms with van der Waals surface area (Å²) >= 11 is 0. The van der Waals surface area contributed by atoms with Gasteiger partial charge in [0, 0.05) is 31.7 Å². The summed E-state index contributed by atoms with van der Waals surface area (Å²) in [6.07, 6.45) is 5.02. The number of nitrogens with zero attached hydrogens (tertiary/aromatic N) is 1. The summed E-state index contributed by atoms with van der Waals surface area (Å²) in [6.45, 7) is 3.71. The average Bonchev–Trinajstić information content (AvgIpc) is 2.55. The summed E-state index contributed by atoms with van der Waals surface area (Å²) in [5.41, 5.74) is 5.27. The molecule has 3 nitrogen and oxygen atoms in total. The SMILES string of the molecule is CC(=O)Nc1cccc(CN2C[C@@H]3CC[C@@H]2Cc2ccccc2C3)c1. The van der Waals surface area contributed by atoms with Crippen molar-refractivity contribution in [3.8, 4) is 0 Å². The maximum atomic E-state index is 11.3. The zero-order valence-electron chi connectivity index (χ0n) is 14.9. The van der Waals surface area contributed by atoms with Crippen LogP contribution in [0.4, 0.5) is 5.69 Å². The monoisotopic (exact) mass is 334 g/mol. The van der Waals surface area contributed by atoms with Gasteiger partial charge in [-0.15, -0.1) is 0 Å². The van der Waals surface area contributed by atoms with Crippen molar-refractivity contribution in [2.24, 2.45) is 5.92 Å². The van der Waals surface area contributed by atoms with E-state index < -0.39 is 0 Å². The highest BCUT2D eigenvalue weighted by Gasteiger charge is 2.31. The number of rotatable bonds is 3. The first-order valence-corrected chi connectivity index (χ1v) is 9.35. The van der Waals surface area contributed by atoms with Crippen molar-refractivity contribution in [1.29, 1.82) is 0 Å². The van der Waals surface area contributed by atoms with E-state index in [9.17, 15) is 4.79 Å². The van der Waals surface area contributed by atoms with E-state index in [-0.39, 0.29) is 5.91 Å². The molecule has 0 saturated carbocycles. The average molecular weight is 334 g/mol. The molecule has 5 rings (SSSR count). The van der Waals surface area contributed by atoms with Crippen LogP contribution in [0.5, 0.6) is 0 Å². The Morgan fingerprint density at radius 3 is 2.68 bits per heavy atom. The molecular weight excluding hydrogens is 308 g/mol. The van der Waals surface area contributed by atoms with E-state index in [4.69, 9.17) is 0 Å². The maximum Gasteiger partial charge on any atom is 0.221 e. The fourth-order valence-corrected chi connectivity index (χ4v) is 4.48. The molecule has 3 aliphatic rings. The lowest BCUT2D eigenvalue weighted by Crippen LogP contribution is -2.46. The minimum absolute atomic E-state index is 0.0147. The van der Waals surface area contributed by atoms with Crippen LogP contribution in [0.2, 0.25) is 0 Å². The van der Waals surface area contributed by atoms with E-state index in [2.05, 4.69) is 46.6 Å². The molecule has 0 radical (unpaired) electrons. The Morgan fingerprint density at radius 2 is 1.88 bits per heavy atom. The minimum Gasteiger partial charge on any atom is -0.326 e. The summed E-state index contributed by atoms with van der Waals surface area (Å²) in [7, 11) is 0. The molecule has 2 atom stereocenters. The number of nitrogens with one attached hydrogen (secondary N) is 1. The number of carbonyl (C=O) groups is 1. The van der Waals surface area contributed by atoms with Gasteiger partial charge in [-0.05, 0) is 60.4 Å². The molecule has 25 heavy (non-hydrogen) atoms. The third-order valence-corrected chi connectivity index (χ3v) is 5.63. The van der Waals surface area contributed by atoms with Crippen LogP contribution in [0, 0.1) is 5.92 Å². The lowest BCUT2D eigenvalue weighted by molar-refractivity contribution is -0.114. The van der Waals surface area contributed by atoms with E-state index in [1.165, 1.54) is 36.9 Å². The lowest BCUT2D eigenvalue weighted by atomic mass is 9.80. The van der Waals surface area contributed by atoms with Gasteiger partial charge in [0.25, 0.3) is 0 Å². The second kappa shape index (κ2) is 7.01. The molecule has 1 saturated heterocycles. The third kappa shape index (κ3) is 3.77. The minimum atomic E-state index is -0.0147. The van der Waals surface area contributed by atoms with Gasteiger partial charge in [0.05, 0.1) is 0 Å². The Morgan fingerprint density at radius 1 is 1.08 bits per heavy atom. The van der Waals surface area contributed by atoms with Gasteiger partial charge >= 0.3 is 0 Å². The van der Waals surface area contributed by atoms with Gasteiger partial charge < -0.3 is 5.32 Å². The van der Waals surface area contributed by atoms with Crippen LogP contribution in [0.1, 0.15) is 36.5 Å². The van der Waals surface area contributed by atoms with Crippen LogP contribution >= 0.6 is 0 Å². The summed E-state index contributed by atoms with van der Waals surface area (Å²) in [6, 6.07) is 17.9. The fourth-order valence-electron chi connectivity index (χ4n) is 4.48. The van der Waals surface area contributed by atoms with Gasteiger partial charge in [0.15, 0.2) is 0 Å². The van der Waals surface area contributed by atoms with Crippen molar-refractivity contribution in [3.63, 3.8) is 0 Å². The number of anilines is 1. The summed E-state index contributed by atoms with van der Waals surface area (Å²) in [5.74, 6) is 0.746. The molecule has 1 N–H and O–H groups in total. The Hall–Kier alpha value is -2.13. The van der Waals surface area contributed by atoms with Crippen molar-refractivity contribution in [3.05, 3.63) is 65.2 Å². The number of piperidine rings is 1. The Labute approximate surface area is 150 Å². The molecule has 0 aromatic heterocycles. The topological polar surface area (TPSA) is 32.3 Å². The van der Waals surface area contributed by atoms with Gasteiger partial charge in [0.2, 0.25) is 5.91 Å². The highest BCUT2D eigenvalue weighted by molar-refractivity contribution is 5.88. The molecule has 130 valence electrons. The van der Waals surface area contributed by atoms with Crippen molar-refractivity contribution in [2.45, 2.75) is 45.2 Å². The predicted octanol–water partition coefficient (Wildman–Crippen LogP) is 4.02. The second-order valence-electron chi connectivity index (χ2n) is 7.59. The van der Waals surface area contributed by atoms with Crippen molar-refractivity contribution in [1.82, 2.24) is 4.90 Å². The maximum absolute atomic E-state index is 11.3. The van der Waals surface area contributed by atoms with Crippen molar-refractivity contribution >= 4 is 11.6 Å². The van der Waals surface area contributed by atoms with Crippen molar-refractivity contribution < 1.29 is 4.79 Å². The smallest absolute Gasteiger partial charge is 0.221 e. The molecule has 1 fully saturated rings. The largest absolute Gasteiger partial charge is 0.326 e. The molecule has 0 unspecified atom stereocenters. The van der Waals surface area contributed by atoms with E-state index in [1.54, 1.807) is 12.5 Å². The van der Waals surface area contributed by atoms with E-state index in [0.717, 1.165) is 24.6 Å². The Balaban J connectivity index is 1.53. The lowest BCUT2D eigenvalue weighted by Gasteiger charge is -2.42. The number of fused-ring (bicyclic) bond motifs is 2. The van der Waals surface area contributed by atoms with Crippen molar-refractivity contribution in [2.75, 3.05) is 11.9 Å². The summed E-state index contributed by atoms with van der Waals surface area (Å²) in [4.78, 5) is 14.0. The fraction of sp³-hybridized carbons (Fsp3) is 0.409. The third-order valence-electron chi connectivity index (χ3n) is 5.63. The second-order valence-corrected chi connectivity index (χ2v) is 7.59. The van der Waals surface area contributed by atoms with Crippen LogP contribution in [0.3, 0.4) is 0 Å². The normalized spacial score (nSPS) is 22.8. The van der Waals surface area contributed by atoms with Gasteiger partial charge in [-0.1, -0.05) is 36.4 Å². The predicted molar refractivity (Wildman–Crippen MR) is 102 cm³/mol. The van der Waals surface area contributed by atoms with Gasteiger partial charge in [-0.2, -0.15) is 0 Å². The molecule has 1 aliphatic carbocycles. The number of hydrogen-bond donors (Lipinski definition) is 1. The molecule has 2 aliphatic heterocycles. The first-order valence-electron chi connectivity index (χ1n) is 9.35. The highest BCUT2D eigenvalue weighted by Crippen LogP contribution is 2.33. The van der Waals surface area contributed by atoms with Gasteiger partial charge in [0.1, 0.15) is 0 Å². The Kier molecular flexibility index (Phi) is 4.58. The van der Waals surface area contributed by atoms with Crippen LogP contribution < -0.4 is 5.32 Å². The number of amides is 1. The molecule has 2 aromatic rings. The van der Waals surface area contributed by atoms with Gasteiger partial charge in [-0.3, -0.25) is 9.69 Å². The molecule has 2 heterocycles. The molecule has 2 bridgehead atoms. The van der Waals surface area contributed by atoms with E-state index in [1.807, 2.05) is 12.1 Å². The Bertz CT molecular complexity index is 770. The van der Waals surface area contributed by atoms with Crippen LogP contribution in [-0.4, -0.2) is 23.4 Å². The highest BCUT2D eigenvalue weighted by atomic mass is 16.1. The molecule has 3 heteroatoms. The van der Waals surface area contributed by atoms with E-state index >= 15 is 0 Å². The number of hydrogen-bond acceptors (Lipinski definition) is 2. The molecule has 1 amide bonds. The first kappa shape index (κ1) is 16.3. The van der Waals surface area contributed by atoms with E-state index in [0.29, 0.717) is 6.04 Å². The molecule has 2 aromatic carbocycles. The first-order chi connectivity index (χ1) is 12.2. The van der Waals surface area contributed by atoms with Crippen LogP contribution in [-0.2, 0) is 24.2 Å². The quantitative estimate of drug-likeness (QED) is 0.919. The van der Waals surface area contributed by atoms with Crippen LogP contribution in [0.15, 0.2) is 48.5 Å². The summed E-state index contributed by atoms with van der Waals surface area (Å²) < 4.78 is 0. The zero-order chi connectivity index (χ0) is 17.2. The number of carbonyl (C=O) groups excluding carboxylic acids is 1. The van der Waals surface area contributed by atoms with Gasteiger partial charge in [-0.25, -0.2) is 0 Å².